The molecule has 0 saturated heterocycles. The highest BCUT2D eigenvalue weighted by molar-refractivity contribution is 5.81. The van der Waals surface area contributed by atoms with Gasteiger partial charge in [0.25, 0.3) is 5.91 Å². The lowest BCUT2D eigenvalue weighted by molar-refractivity contribution is -0.128. The van der Waals surface area contributed by atoms with Gasteiger partial charge in [-0.25, -0.2) is 0 Å². The number of benzene rings is 2. The summed E-state index contributed by atoms with van der Waals surface area (Å²) in [7, 11) is 0. The van der Waals surface area contributed by atoms with E-state index in [2.05, 4.69) is 42.6 Å². The fourth-order valence-electron chi connectivity index (χ4n) is 2.80. The van der Waals surface area contributed by atoms with Crippen molar-refractivity contribution in [2.75, 3.05) is 6.54 Å². The van der Waals surface area contributed by atoms with E-state index in [1.807, 2.05) is 32.9 Å². The molecule has 0 aromatic heterocycles. The number of carbonyl (C=O) groups excluding carboxylic acids is 1. The predicted octanol–water partition coefficient (Wildman–Crippen LogP) is 4.52. The molecule has 1 N–H and O–H groups in total. The Balaban J connectivity index is 1.82. The molecule has 0 spiro atoms. The van der Waals surface area contributed by atoms with Crippen molar-refractivity contribution >= 4 is 5.91 Å². The fraction of sp³-hybridized carbons (Fsp3) is 0.409. The van der Waals surface area contributed by atoms with Crippen LogP contribution < -0.4 is 10.1 Å². The van der Waals surface area contributed by atoms with Crippen LogP contribution in [-0.2, 0) is 11.2 Å². The Bertz CT molecular complexity index is 709. The largest absolute Gasteiger partial charge is 0.480 e. The first-order valence-corrected chi connectivity index (χ1v) is 9.06. The summed E-state index contributed by atoms with van der Waals surface area (Å²) >= 11 is 0. The number of ether oxygens (including phenoxy) is 1. The maximum absolute atomic E-state index is 12.4. The van der Waals surface area contributed by atoms with Crippen LogP contribution in [-0.4, -0.2) is 18.6 Å². The molecule has 1 atom stereocenters. The van der Waals surface area contributed by atoms with Crippen molar-refractivity contribution in [3.05, 3.63) is 64.7 Å². The van der Waals surface area contributed by atoms with Crippen LogP contribution in [0, 0.1) is 20.8 Å². The first kappa shape index (κ1) is 19.0. The van der Waals surface area contributed by atoms with E-state index in [1.165, 1.54) is 11.1 Å². The van der Waals surface area contributed by atoms with Crippen molar-refractivity contribution in [3.8, 4) is 5.75 Å². The molecular weight excluding hydrogens is 310 g/mol. The Morgan fingerprint density at radius 2 is 1.84 bits per heavy atom. The molecule has 0 heterocycles. The molecule has 0 aliphatic heterocycles. The number of nitrogens with one attached hydrogen (secondary N) is 1. The van der Waals surface area contributed by atoms with Crippen LogP contribution in [0.4, 0.5) is 0 Å². The van der Waals surface area contributed by atoms with E-state index in [4.69, 9.17) is 4.74 Å². The van der Waals surface area contributed by atoms with Crippen molar-refractivity contribution in [2.45, 2.75) is 53.1 Å². The molecule has 0 unspecified atom stereocenters. The lowest BCUT2D eigenvalue weighted by atomic mass is 10.1. The minimum absolute atomic E-state index is 0.0346. The molecule has 2 rings (SSSR count). The van der Waals surface area contributed by atoms with Gasteiger partial charge in [-0.15, -0.1) is 0 Å². The van der Waals surface area contributed by atoms with Crippen LogP contribution in [0.5, 0.6) is 5.75 Å². The third kappa shape index (κ3) is 5.93. The smallest absolute Gasteiger partial charge is 0.261 e. The van der Waals surface area contributed by atoms with Gasteiger partial charge in [-0.1, -0.05) is 48.9 Å². The van der Waals surface area contributed by atoms with Gasteiger partial charge in [0.2, 0.25) is 0 Å². The van der Waals surface area contributed by atoms with Gasteiger partial charge in [-0.05, 0) is 62.8 Å². The Labute approximate surface area is 151 Å². The topological polar surface area (TPSA) is 38.3 Å². The molecule has 0 bridgehead atoms. The Hall–Kier alpha value is -2.29. The SMILES string of the molecule is CC[C@@H](Oc1cc(C)ccc1C)C(=O)NCCCc1cccc(C)c1. The number of hydrogen-bond donors (Lipinski definition) is 1. The minimum atomic E-state index is -0.445. The zero-order valence-corrected chi connectivity index (χ0v) is 15.8. The highest BCUT2D eigenvalue weighted by Crippen LogP contribution is 2.21. The van der Waals surface area contributed by atoms with Crippen molar-refractivity contribution in [1.82, 2.24) is 5.32 Å². The number of rotatable bonds is 8. The van der Waals surface area contributed by atoms with E-state index < -0.39 is 6.10 Å². The first-order valence-electron chi connectivity index (χ1n) is 9.06. The summed E-state index contributed by atoms with van der Waals surface area (Å²) in [6.45, 7) is 8.77. The average Bonchev–Trinajstić information content (AvgIpc) is 2.59. The first-order chi connectivity index (χ1) is 12.0. The highest BCUT2D eigenvalue weighted by atomic mass is 16.5. The number of aryl methyl sites for hydroxylation is 4. The summed E-state index contributed by atoms with van der Waals surface area (Å²) in [5.41, 5.74) is 4.77. The van der Waals surface area contributed by atoms with Crippen LogP contribution in [0.1, 0.15) is 42.0 Å². The molecule has 25 heavy (non-hydrogen) atoms. The van der Waals surface area contributed by atoms with Gasteiger partial charge in [-0.2, -0.15) is 0 Å². The van der Waals surface area contributed by atoms with Crippen molar-refractivity contribution in [3.63, 3.8) is 0 Å². The summed E-state index contributed by atoms with van der Waals surface area (Å²) in [4.78, 5) is 12.4. The van der Waals surface area contributed by atoms with E-state index >= 15 is 0 Å². The van der Waals surface area contributed by atoms with Gasteiger partial charge < -0.3 is 10.1 Å². The van der Waals surface area contributed by atoms with Gasteiger partial charge in [0.05, 0.1) is 0 Å². The monoisotopic (exact) mass is 339 g/mol. The van der Waals surface area contributed by atoms with Crippen molar-refractivity contribution in [2.24, 2.45) is 0 Å². The van der Waals surface area contributed by atoms with Gasteiger partial charge in [0.1, 0.15) is 5.75 Å². The Morgan fingerprint density at radius 3 is 2.56 bits per heavy atom. The number of hydrogen-bond acceptors (Lipinski definition) is 2. The van der Waals surface area contributed by atoms with Gasteiger partial charge in [-0.3, -0.25) is 4.79 Å². The van der Waals surface area contributed by atoms with Crippen LogP contribution >= 0.6 is 0 Å². The zero-order chi connectivity index (χ0) is 18.2. The summed E-state index contributed by atoms with van der Waals surface area (Å²) in [6, 6.07) is 14.6. The van der Waals surface area contributed by atoms with E-state index in [1.54, 1.807) is 0 Å². The Morgan fingerprint density at radius 1 is 1.08 bits per heavy atom. The van der Waals surface area contributed by atoms with E-state index in [0.29, 0.717) is 13.0 Å². The van der Waals surface area contributed by atoms with Crippen LogP contribution in [0.2, 0.25) is 0 Å². The molecule has 2 aromatic rings. The minimum Gasteiger partial charge on any atom is -0.480 e. The highest BCUT2D eigenvalue weighted by Gasteiger charge is 2.18. The molecule has 0 aliphatic carbocycles. The normalized spacial score (nSPS) is 11.8. The predicted molar refractivity (Wildman–Crippen MR) is 103 cm³/mol. The molecule has 1 amide bonds. The molecule has 3 heteroatoms. The van der Waals surface area contributed by atoms with Gasteiger partial charge >= 0.3 is 0 Å². The molecule has 0 radical (unpaired) electrons. The standard InChI is InChI=1S/C22H29NO2/c1-5-20(25-21-15-17(3)11-12-18(21)4)22(24)23-13-7-10-19-9-6-8-16(2)14-19/h6,8-9,11-12,14-15,20H,5,7,10,13H2,1-4H3,(H,23,24)/t20-/m1/s1. The molecular formula is C22H29NO2. The summed E-state index contributed by atoms with van der Waals surface area (Å²) < 4.78 is 5.96. The molecule has 0 aliphatic rings. The lowest BCUT2D eigenvalue weighted by Gasteiger charge is -2.19. The number of carbonyl (C=O) groups is 1. The van der Waals surface area contributed by atoms with Crippen molar-refractivity contribution in [1.29, 1.82) is 0 Å². The second kappa shape index (κ2) is 9.26. The van der Waals surface area contributed by atoms with Gasteiger partial charge in [0, 0.05) is 6.54 Å². The summed E-state index contributed by atoms with van der Waals surface area (Å²) in [5.74, 6) is 0.759. The average molecular weight is 339 g/mol. The summed E-state index contributed by atoms with van der Waals surface area (Å²) in [6.07, 6.45) is 2.10. The third-order valence-corrected chi connectivity index (χ3v) is 4.30. The quantitative estimate of drug-likeness (QED) is 0.718. The van der Waals surface area contributed by atoms with Crippen LogP contribution in [0.25, 0.3) is 0 Å². The van der Waals surface area contributed by atoms with Gasteiger partial charge in [0.15, 0.2) is 6.10 Å². The van der Waals surface area contributed by atoms with Crippen LogP contribution in [0.15, 0.2) is 42.5 Å². The Kier molecular flexibility index (Phi) is 7.05. The molecule has 3 nitrogen and oxygen atoms in total. The maximum Gasteiger partial charge on any atom is 0.261 e. The van der Waals surface area contributed by atoms with Crippen LogP contribution in [0.3, 0.4) is 0 Å². The van der Waals surface area contributed by atoms with E-state index in [9.17, 15) is 4.79 Å². The second-order valence-corrected chi connectivity index (χ2v) is 6.67. The third-order valence-electron chi connectivity index (χ3n) is 4.30. The van der Waals surface area contributed by atoms with Crippen molar-refractivity contribution < 1.29 is 9.53 Å². The molecule has 0 saturated carbocycles. The second-order valence-electron chi connectivity index (χ2n) is 6.67. The van der Waals surface area contributed by atoms with E-state index in [0.717, 1.165) is 29.7 Å². The fourth-order valence-corrected chi connectivity index (χ4v) is 2.80. The maximum atomic E-state index is 12.4. The molecule has 0 fully saturated rings. The number of amides is 1. The lowest BCUT2D eigenvalue weighted by Crippen LogP contribution is -2.38. The molecule has 134 valence electrons. The zero-order valence-electron chi connectivity index (χ0n) is 15.8. The van der Waals surface area contributed by atoms with E-state index in [-0.39, 0.29) is 5.91 Å². The molecule has 2 aromatic carbocycles. The summed E-state index contributed by atoms with van der Waals surface area (Å²) in [5, 5.41) is 3.01.